The van der Waals surface area contributed by atoms with Gasteiger partial charge in [-0.05, 0) is 54.3 Å². The van der Waals surface area contributed by atoms with Crippen LogP contribution in [0.15, 0.2) is 84.9 Å². The van der Waals surface area contributed by atoms with Crippen LogP contribution in [-0.2, 0) is 0 Å². The minimum atomic E-state index is 0.875. The molecule has 0 aliphatic rings. The molecule has 0 aliphatic heterocycles. The zero-order valence-corrected chi connectivity index (χ0v) is 16.4. The fourth-order valence-electron chi connectivity index (χ4n) is 3.75. The second-order valence-electron chi connectivity index (χ2n) is 6.89. The quantitative estimate of drug-likeness (QED) is 0.401. The molecule has 0 radical (unpaired) electrons. The Morgan fingerprint density at radius 2 is 1.36 bits per heavy atom. The summed E-state index contributed by atoms with van der Waals surface area (Å²) in [5.74, 6) is 0.875. The number of rotatable bonds is 4. The van der Waals surface area contributed by atoms with E-state index in [0.29, 0.717) is 0 Å². The first kappa shape index (κ1) is 18.0. The number of hydrogen-bond donors (Lipinski definition) is 0. The van der Waals surface area contributed by atoms with Crippen LogP contribution in [0.2, 0.25) is 0 Å². The molecule has 0 atom stereocenters. The van der Waals surface area contributed by atoms with E-state index in [1.165, 1.54) is 16.7 Å². The SMILES string of the molecule is COc1ccccc1-c1ccc(-c2cccc(C)n2)c(C)c1-c1ccccc1. The minimum Gasteiger partial charge on any atom is -0.496 e. The number of benzene rings is 3. The molecule has 1 heterocycles. The van der Waals surface area contributed by atoms with Crippen LogP contribution in [0.1, 0.15) is 11.3 Å². The highest BCUT2D eigenvalue weighted by atomic mass is 16.5. The van der Waals surface area contributed by atoms with Crippen LogP contribution < -0.4 is 4.74 Å². The Kier molecular flexibility index (Phi) is 4.94. The number of ether oxygens (including phenoxy) is 1. The molecule has 0 N–H and O–H groups in total. The number of para-hydroxylation sites is 1. The molecule has 4 aromatic rings. The van der Waals surface area contributed by atoms with E-state index in [9.17, 15) is 0 Å². The van der Waals surface area contributed by atoms with Crippen LogP contribution in [0.25, 0.3) is 33.5 Å². The first-order valence-corrected chi connectivity index (χ1v) is 9.45. The topological polar surface area (TPSA) is 22.1 Å². The van der Waals surface area contributed by atoms with Crippen LogP contribution in [0, 0.1) is 13.8 Å². The Labute approximate surface area is 166 Å². The highest BCUT2D eigenvalue weighted by Crippen LogP contribution is 2.42. The molecule has 2 heteroatoms. The normalized spacial score (nSPS) is 10.7. The molecule has 3 aromatic carbocycles. The average molecular weight is 365 g/mol. The van der Waals surface area contributed by atoms with E-state index >= 15 is 0 Å². The zero-order chi connectivity index (χ0) is 19.5. The highest BCUT2D eigenvalue weighted by molar-refractivity contribution is 5.91. The average Bonchev–Trinajstić information content (AvgIpc) is 2.74. The third-order valence-electron chi connectivity index (χ3n) is 5.09. The second kappa shape index (κ2) is 7.69. The summed E-state index contributed by atoms with van der Waals surface area (Å²) in [6.45, 7) is 4.21. The smallest absolute Gasteiger partial charge is 0.126 e. The Hall–Kier alpha value is -3.39. The first-order valence-electron chi connectivity index (χ1n) is 9.45. The van der Waals surface area contributed by atoms with Crippen molar-refractivity contribution in [1.82, 2.24) is 4.98 Å². The van der Waals surface area contributed by atoms with E-state index in [0.717, 1.165) is 33.8 Å². The summed E-state index contributed by atoms with van der Waals surface area (Å²) in [5.41, 5.74) is 9.05. The van der Waals surface area contributed by atoms with Crippen molar-refractivity contribution in [3.63, 3.8) is 0 Å². The molecule has 0 bridgehead atoms. The number of aryl methyl sites for hydroxylation is 1. The van der Waals surface area contributed by atoms with Crippen LogP contribution in [0.3, 0.4) is 0 Å². The van der Waals surface area contributed by atoms with E-state index in [2.05, 4.69) is 67.6 Å². The van der Waals surface area contributed by atoms with Gasteiger partial charge >= 0.3 is 0 Å². The lowest BCUT2D eigenvalue weighted by Crippen LogP contribution is -1.96. The Bertz CT molecular complexity index is 1120. The molecular formula is C26H23NO. The standard InChI is InChI=1S/C26H23NO/c1-18-10-9-14-24(27-18)21-16-17-23(22-13-7-8-15-25(22)28-3)26(19(21)2)20-11-5-4-6-12-20/h4-17H,1-3H3. The van der Waals surface area contributed by atoms with E-state index in [1.807, 2.05) is 31.2 Å². The predicted molar refractivity (Wildman–Crippen MR) is 117 cm³/mol. The molecule has 4 rings (SSSR count). The lowest BCUT2D eigenvalue weighted by molar-refractivity contribution is 0.416. The van der Waals surface area contributed by atoms with Crippen molar-refractivity contribution >= 4 is 0 Å². The van der Waals surface area contributed by atoms with Crippen molar-refractivity contribution in [3.05, 3.63) is 96.2 Å². The molecule has 0 aliphatic carbocycles. The molecule has 28 heavy (non-hydrogen) atoms. The molecule has 0 unspecified atom stereocenters. The van der Waals surface area contributed by atoms with Crippen LogP contribution in [0.4, 0.5) is 0 Å². The third-order valence-corrected chi connectivity index (χ3v) is 5.09. The summed E-state index contributed by atoms with van der Waals surface area (Å²) < 4.78 is 5.65. The Balaban J connectivity index is 2.01. The molecule has 1 aromatic heterocycles. The molecule has 0 saturated carbocycles. The van der Waals surface area contributed by atoms with Gasteiger partial charge in [0.2, 0.25) is 0 Å². The number of pyridine rings is 1. The molecule has 0 fully saturated rings. The van der Waals surface area contributed by atoms with Gasteiger partial charge in [0.15, 0.2) is 0 Å². The second-order valence-corrected chi connectivity index (χ2v) is 6.89. The van der Waals surface area contributed by atoms with Crippen molar-refractivity contribution in [2.45, 2.75) is 13.8 Å². The third kappa shape index (κ3) is 3.29. The Morgan fingerprint density at radius 3 is 2.11 bits per heavy atom. The molecule has 0 amide bonds. The highest BCUT2D eigenvalue weighted by Gasteiger charge is 2.17. The number of nitrogens with zero attached hydrogens (tertiary/aromatic N) is 1. The fourth-order valence-corrected chi connectivity index (χ4v) is 3.75. The predicted octanol–water partition coefficient (Wildman–Crippen LogP) is 6.71. The van der Waals surface area contributed by atoms with Gasteiger partial charge in [-0.1, -0.05) is 66.7 Å². The molecule has 0 spiro atoms. The van der Waals surface area contributed by atoms with Crippen molar-refractivity contribution in [1.29, 1.82) is 0 Å². The zero-order valence-electron chi connectivity index (χ0n) is 16.4. The van der Waals surface area contributed by atoms with Gasteiger partial charge in [-0.2, -0.15) is 0 Å². The first-order chi connectivity index (χ1) is 13.7. The van der Waals surface area contributed by atoms with E-state index in [-0.39, 0.29) is 0 Å². The monoisotopic (exact) mass is 365 g/mol. The van der Waals surface area contributed by atoms with Crippen LogP contribution in [0.5, 0.6) is 5.75 Å². The van der Waals surface area contributed by atoms with Crippen LogP contribution >= 0.6 is 0 Å². The number of methoxy groups -OCH3 is 1. The van der Waals surface area contributed by atoms with Gasteiger partial charge in [0.1, 0.15) is 5.75 Å². The molecule has 0 saturated heterocycles. The van der Waals surface area contributed by atoms with Gasteiger partial charge < -0.3 is 4.74 Å². The van der Waals surface area contributed by atoms with E-state index in [1.54, 1.807) is 7.11 Å². The summed E-state index contributed by atoms with van der Waals surface area (Å²) in [6, 6.07) is 29.2. The largest absolute Gasteiger partial charge is 0.496 e. The lowest BCUT2D eigenvalue weighted by Gasteiger charge is -2.19. The minimum absolute atomic E-state index is 0.875. The maximum atomic E-state index is 5.65. The maximum Gasteiger partial charge on any atom is 0.126 e. The van der Waals surface area contributed by atoms with Gasteiger partial charge in [-0.25, -0.2) is 0 Å². The summed E-state index contributed by atoms with van der Waals surface area (Å²) in [6.07, 6.45) is 0. The maximum absolute atomic E-state index is 5.65. The van der Waals surface area contributed by atoms with Crippen LogP contribution in [-0.4, -0.2) is 12.1 Å². The summed E-state index contributed by atoms with van der Waals surface area (Å²) in [4.78, 5) is 4.75. The van der Waals surface area contributed by atoms with Gasteiger partial charge in [0.25, 0.3) is 0 Å². The van der Waals surface area contributed by atoms with Crippen molar-refractivity contribution in [2.75, 3.05) is 7.11 Å². The van der Waals surface area contributed by atoms with Crippen molar-refractivity contribution in [3.8, 4) is 39.3 Å². The van der Waals surface area contributed by atoms with Gasteiger partial charge in [-0.3, -0.25) is 4.98 Å². The number of hydrogen-bond acceptors (Lipinski definition) is 2. The lowest BCUT2D eigenvalue weighted by atomic mass is 9.87. The Morgan fingerprint density at radius 1 is 0.643 bits per heavy atom. The van der Waals surface area contributed by atoms with Gasteiger partial charge in [-0.15, -0.1) is 0 Å². The molecule has 2 nitrogen and oxygen atoms in total. The molecular weight excluding hydrogens is 342 g/mol. The number of aromatic nitrogens is 1. The van der Waals surface area contributed by atoms with E-state index < -0.39 is 0 Å². The summed E-state index contributed by atoms with van der Waals surface area (Å²) in [7, 11) is 1.72. The fraction of sp³-hybridized carbons (Fsp3) is 0.115. The summed E-state index contributed by atoms with van der Waals surface area (Å²) >= 11 is 0. The summed E-state index contributed by atoms with van der Waals surface area (Å²) in [5, 5.41) is 0. The van der Waals surface area contributed by atoms with Crippen molar-refractivity contribution in [2.24, 2.45) is 0 Å². The van der Waals surface area contributed by atoms with Crippen molar-refractivity contribution < 1.29 is 4.74 Å². The molecule has 138 valence electrons. The van der Waals surface area contributed by atoms with Gasteiger partial charge in [0, 0.05) is 16.8 Å². The van der Waals surface area contributed by atoms with Gasteiger partial charge in [0.05, 0.1) is 12.8 Å². The van der Waals surface area contributed by atoms with E-state index in [4.69, 9.17) is 9.72 Å².